The van der Waals surface area contributed by atoms with Gasteiger partial charge in [0.1, 0.15) is 5.75 Å². The topological polar surface area (TPSA) is 74.5 Å². The standard InChI is InChI=1S/C19H17N3O2/c1-15(11-16-5-3-2-4-6-16)13-21-22-19(23)14-24-18-9-7-17(12-20)8-10-18/h2-11,13H,14H2,1H3,(H,22,23)/b15-11+,21-13-. The van der Waals surface area contributed by atoms with Crippen LogP contribution >= 0.6 is 0 Å². The van der Waals surface area contributed by atoms with Crippen LogP contribution in [0.1, 0.15) is 18.1 Å². The number of ether oxygens (including phenoxy) is 1. The Balaban J connectivity index is 1.78. The lowest BCUT2D eigenvalue weighted by Gasteiger charge is -2.04. The first kappa shape index (κ1) is 17.0. The van der Waals surface area contributed by atoms with Crippen molar-refractivity contribution in [1.82, 2.24) is 5.43 Å². The summed E-state index contributed by atoms with van der Waals surface area (Å²) in [5.74, 6) is 0.163. The van der Waals surface area contributed by atoms with Crippen molar-refractivity contribution in [2.45, 2.75) is 6.92 Å². The summed E-state index contributed by atoms with van der Waals surface area (Å²) in [6, 6.07) is 18.4. The summed E-state index contributed by atoms with van der Waals surface area (Å²) in [6.07, 6.45) is 3.54. The summed E-state index contributed by atoms with van der Waals surface area (Å²) in [5.41, 5.74) is 4.92. The largest absolute Gasteiger partial charge is 0.484 e. The number of nitrogens with zero attached hydrogens (tertiary/aromatic N) is 2. The number of carbonyl (C=O) groups excluding carboxylic acids is 1. The third kappa shape index (κ3) is 5.78. The molecule has 120 valence electrons. The first-order valence-electron chi connectivity index (χ1n) is 7.35. The molecule has 0 heterocycles. The monoisotopic (exact) mass is 319 g/mol. The molecule has 0 saturated heterocycles. The average molecular weight is 319 g/mol. The van der Waals surface area contributed by atoms with Gasteiger partial charge in [0.15, 0.2) is 6.61 Å². The summed E-state index contributed by atoms with van der Waals surface area (Å²) < 4.78 is 5.31. The molecule has 24 heavy (non-hydrogen) atoms. The lowest BCUT2D eigenvalue weighted by atomic mass is 10.1. The molecule has 0 aliphatic carbocycles. The Labute approximate surface area is 140 Å². The SMILES string of the molecule is CC(/C=N\NC(=O)COc1ccc(C#N)cc1)=C\c1ccccc1. The molecule has 0 radical (unpaired) electrons. The Morgan fingerprint density at radius 3 is 2.58 bits per heavy atom. The number of hydrogen-bond acceptors (Lipinski definition) is 4. The smallest absolute Gasteiger partial charge is 0.277 e. The third-order valence-corrected chi connectivity index (χ3v) is 3.00. The number of hydrazone groups is 1. The Bertz CT molecular complexity index is 773. The van der Waals surface area contributed by atoms with Crippen molar-refractivity contribution in [1.29, 1.82) is 5.26 Å². The molecule has 1 N–H and O–H groups in total. The number of amides is 1. The summed E-state index contributed by atoms with van der Waals surface area (Å²) in [6.45, 7) is 1.75. The van der Waals surface area contributed by atoms with E-state index in [1.54, 1.807) is 30.5 Å². The van der Waals surface area contributed by atoms with Crippen LogP contribution in [0, 0.1) is 11.3 Å². The van der Waals surface area contributed by atoms with Gasteiger partial charge in [-0.25, -0.2) is 5.43 Å². The van der Waals surface area contributed by atoms with Crippen molar-refractivity contribution in [3.63, 3.8) is 0 Å². The van der Waals surface area contributed by atoms with E-state index in [0.29, 0.717) is 11.3 Å². The van der Waals surface area contributed by atoms with E-state index >= 15 is 0 Å². The first-order valence-corrected chi connectivity index (χ1v) is 7.35. The zero-order chi connectivity index (χ0) is 17.2. The maximum absolute atomic E-state index is 11.7. The number of hydrogen-bond donors (Lipinski definition) is 1. The van der Waals surface area contributed by atoms with Gasteiger partial charge in [-0.15, -0.1) is 0 Å². The van der Waals surface area contributed by atoms with Crippen LogP contribution in [-0.4, -0.2) is 18.7 Å². The number of rotatable bonds is 6. The quantitative estimate of drug-likeness (QED) is 0.656. The predicted molar refractivity (Wildman–Crippen MR) is 93.4 cm³/mol. The van der Waals surface area contributed by atoms with Crippen LogP contribution < -0.4 is 10.2 Å². The highest BCUT2D eigenvalue weighted by atomic mass is 16.5. The van der Waals surface area contributed by atoms with Crippen LogP contribution in [0.3, 0.4) is 0 Å². The number of carbonyl (C=O) groups is 1. The van der Waals surface area contributed by atoms with Gasteiger partial charge in [0, 0.05) is 0 Å². The number of benzene rings is 2. The minimum absolute atomic E-state index is 0.148. The van der Waals surface area contributed by atoms with Crippen molar-refractivity contribution in [3.05, 3.63) is 71.3 Å². The van der Waals surface area contributed by atoms with Crippen LogP contribution in [0.25, 0.3) is 6.08 Å². The molecule has 2 aromatic carbocycles. The van der Waals surface area contributed by atoms with Crippen LogP contribution in [0.15, 0.2) is 65.3 Å². The first-order chi connectivity index (χ1) is 11.7. The van der Waals surface area contributed by atoms with Gasteiger partial charge in [0.2, 0.25) is 0 Å². The highest BCUT2D eigenvalue weighted by molar-refractivity contribution is 5.86. The van der Waals surface area contributed by atoms with Gasteiger partial charge in [-0.3, -0.25) is 4.79 Å². The highest BCUT2D eigenvalue weighted by Gasteiger charge is 2.01. The number of nitriles is 1. The van der Waals surface area contributed by atoms with Crippen LogP contribution in [0.4, 0.5) is 0 Å². The fourth-order valence-electron chi connectivity index (χ4n) is 1.86. The van der Waals surface area contributed by atoms with Gasteiger partial charge in [-0.1, -0.05) is 36.4 Å². The lowest BCUT2D eigenvalue weighted by Crippen LogP contribution is -2.24. The van der Waals surface area contributed by atoms with Crippen LogP contribution in [0.2, 0.25) is 0 Å². The van der Waals surface area contributed by atoms with Gasteiger partial charge >= 0.3 is 0 Å². The van der Waals surface area contributed by atoms with Gasteiger partial charge < -0.3 is 4.74 Å². The molecule has 0 fully saturated rings. The Morgan fingerprint density at radius 1 is 1.21 bits per heavy atom. The molecule has 0 bridgehead atoms. The molecular formula is C19H17N3O2. The van der Waals surface area contributed by atoms with E-state index in [0.717, 1.165) is 11.1 Å². The van der Waals surface area contributed by atoms with Gasteiger partial charge in [0.25, 0.3) is 5.91 Å². The summed E-state index contributed by atoms with van der Waals surface area (Å²) >= 11 is 0. The van der Waals surface area contributed by atoms with E-state index in [2.05, 4.69) is 10.5 Å². The van der Waals surface area contributed by atoms with Crippen molar-refractivity contribution in [3.8, 4) is 11.8 Å². The lowest BCUT2D eigenvalue weighted by molar-refractivity contribution is -0.123. The normalized spacial score (nSPS) is 11.1. The molecule has 0 aliphatic rings. The Hall–Kier alpha value is -3.39. The fourth-order valence-corrected chi connectivity index (χ4v) is 1.86. The van der Waals surface area contributed by atoms with E-state index in [9.17, 15) is 4.79 Å². The predicted octanol–water partition coefficient (Wildman–Crippen LogP) is 3.14. The van der Waals surface area contributed by atoms with Crippen molar-refractivity contribution in [2.24, 2.45) is 5.10 Å². The summed E-state index contributed by atoms with van der Waals surface area (Å²) in [7, 11) is 0. The second-order valence-corrected chi connectivity index (χ2v) is 5.02. The average Bonchev–Trinajstić information content (AvgIpc) is 2.61. The van der Waals surface area contributed by atoms with Gasteiger partial charge in [-0.2, -0.15) is 10.4 Å². The molecule has 0 saturated carbocycles. The summed E-state index contributed by atoms with van der Waals surface area (Å²) in [5, 5.41) is 12.6. The zero-order valence-corrected chi connectivity index (χ0v) is 13.3. The minimum atomic E-state index is -0.358. The Kier molecular flexibility index (Phi) is 6.30. The molecule has 5 nitrogen and oxygen atoms in total. The zero-order valence-electron chi connectivity index (χ0n) is 13.3. The number of allylic oxidation sites excluding steroid dienone is 1. The minimum Gasteiger partial charge on any atom is -0.484 e. The van der Waals surface area contributed by atoms with E-state index < -0.39 is 0 Å². The molecule has 0 atom stereocenters. The molecule has 0 unspecified atom stereocenters. The molecule has 5 heteroatoms. The molecule has 0 aromatic heterocycles. The molecule has 1 amide bonds. The van der Waals surface area contributed by atoms with E-state index in [1.807, 2.05) is 49.4 Å². The van der Waals surface area contributed by atoms with Crippen molar-refractivity contribution < 1.29 is 9.53 Å². The van der Waals surface area contributed by atoms with E-state index in [4.69, 9.17) is 10.00 Å². The second kappa shape index (κ2) is 8.91. The molecule has 0 aliphatic heterocycles. The van der Waals surface area contributed by atoms with Crippen molar-refractivity contribution >= 4 is 18.2 Å². The van der Waals surface area contributed by atoms with Crippen LogP contribution in [0.5, 0.6) is 5.75 Å². The maximum atomic E-state index is 11.7. The maximum Gasteiger partial charge on any atom is 0.277 e. The van der Waals surface area contributed by atoms with E-state index in [-0.39, 0.29) is 12.5 Å². The van der Waals surface area contributed by atoms with Gasteiger partial charge in [0.05, 0.1) is 17.8 Å². The molecule has 2 rings (SSSR count). The van der Waals surface area contributed by atoms with Crippen LogP contribution in [-0.2, 0) is 4.79 Å². The molecule has 2 aromatic rings. The fraction of sp³-hybridized carbons (Fsp3) is 0.105. The number of nitrogens with one attached hydrogen (secondary N) is 1. The summed E-state index contributed by atoms with van der Waals surface area (Å²) in [4.78, 5) is 11.7. The molecule has 0 spiro atoms. The van der Waals surface area contributed by atoms with E-state index in [1.165, 1.54) is 0 Å². The third-order valence-electron chi connectivity index (χ3n) is 3.00. The van der Waals surface area contributed by atoms with Crippen molar-refractivity contribution in [2.75, 3.05) is 6.61 Å². The second-order valence-electron chi connectivity index (χ2n) is 5.02. The molecular weight excluding hydrogens is 302 g/mol. The Morgan fingerprint density at radius 2 is 1.92 bits per heavy atom. The van der Waals surface area contributed by atoms with Gasteiger partial charge in [-0.05, 0) is 42.3 Å². The highest BCUT2D eigenvalue weighted by Crippen LogP contribution is 2.11.